The van der Waals surface area contributed by atoms with Gasteiger partial charge in [-0.15, -0.1) is 0 Å². The smallest absolute Gasteiger partial charge is 0.322 e. The first-order chi connectivity index (χ1) is 7.27. The van der Waals surface area contributed by atoms with E-state index in [9.17, 15) is 4.79 Å². The lowest BCUT2D eigenvalue weighted by Gasteiger charge is -2.32. The molecule has 15 heavy (non-hydrogen) atoms. The van der Waals surface area contributed by atoms with Gasteiger partial charge in [-0.05, 0) is 0 Å². The Bertz CT molecular complexity index is 343. The highest BCUT2D eigenvalue weighted by molar-refractivity contribution is 5.74. The molecule has 1 aliphatic heterocycles. The third kappa shape index (κ3) is 2.21. The second kappa shape index (κ2) is 4.22. The van der Waals surface area contributed by atoms with E-state index in [1.807, 2.05) is 4.90 Å². The van der Waals surface area contributed by atoms with Crippen LogP contribution in [0.1, 0.15) is 0 Å². The van der Waals surface area contributed by atoms with E-state index >= 15 is 0 Å². The molecule has 0 aliphatic carbocycles. The summed E-state index contributed by atoms with van der Waals surface area (Å²) in [6.45, 7) is 1.82. The van der Waals surface area contributed by atoms with Crippen molar-refractivity contribution in [2.75, 3.05) is 24.5 Å². The Hall–Kier alpha value is -1.69. The minimum absolute atomic E-state index is 0.425. The molecule has 1 saturated heterocycles. The molecule has 6 nitrogen and oxygen atoms in total. The third-order valence-electron chi connectivity index (χ3n) is 2.35. The number of aromatic nitrogens is 2. The van der Waals surface area contributed by atoms with Crippen molar-refractivity contribution in [1.82, 2.24) is 15.3 Å². The highest BCUT2D eigenvalue weighted by Gasteiger charge is 2.25. The van der Waals surface area contributed by atoms with Crippen molar-refractivity contribution in [2.45, 2.75) is 6.04 Å². The lowest BCUT2D eigenvalue weighted by molar-refractivity contribution is -0.139. The number of carbonyl (C=O) groups is 1. The fourth-order valence-corrected chi connectivity index (χ4v) is 1.58. The second-order valence-electron chi connectivity index (χ2n) is 3.35. The molecule has 0 bridgehead atoms. The van der Waals surface area contributed by atoms with Crippen molar-refractivity contribution in [3.63, 3.8) is 0 Å². The Labute approximate surface area is 87.0 Å². The number of carboxylic acid groups (broad SMARTS) is 1. The third-order valence-corrected chi connectivity index (χ3v) is 2.35. The van der Waals surface area contributed by atoms with Gasteiger partial charge >= 0.3 is 5.97 Å². The van der Waals surface area contributed by atoms with Crippen molar-refractivity contribution >= 4 is 11.8 Å². The summed E-state index contributed by atoms with van der Waals surface area (Å²) in [5.41, 5.74) is 0. The van der Waals surface area contributed by atoms with E-state index in [1.54, 1.807) is 18.6 Å². The predicted octanol–water partition coefficient (Wildman–Crippen LogP) is -0.661. The Morgan fingerprint density at radius 1 is 1.60 bits per heavy atom. The summed E-state index contributed by atoms with van der Waals surface area (Å²) in [5.74, 6) is -0.103. The molecule has 6 heteroatoms. The maximum absolute atomic E-state index is 10.8. The molecule has 2 heterocycles. The molecule has 80 valence electrons. The van der Waals surface area contributed by atoms with Gasteiger partial charge in [0.05, 0.1) is 6.20 Å². The molecule has 0 radical (unpaired) electrons. The van der Waals surface area contributed by atoms with Crippen LogP contribution in [0.25, 0.3) is 0 Å². The SMILES string of the molecule is O=C(O)[C@H]1CN(c2cnccn2)CCN1. The Kier molecular flexibility index (Phi) is 2.77. The molecule has 0 aromatic carbocycles. The average molecular weight is 208 g/mol. The molecule has 2 N–H and O–H groups in total. The van der Waals surface area contributed by atoms with Crippen LogP contribution in [0.2, 0.25) is 0 Å². The largest absolute Gasteiger partial charge is 0.480 e. The van der Waals surface area contributed by atoms with Crippen LogP contribution in [0, 0.1) is 0 Å². The van der Waals surface area contributed by atoms with E-state index in [4.69, 9.17) is 5.11 Å². The van der Waals surface area contributed by atoms with E-state index in [1.165, 1.54) is 0 Å². The van der Waals surface area contributed by atoms with E-state index in [2.05, 4.69) is 15.3 Å². The quantitative estimate of drug-likeness (QED) is 0.671. The van der Waals surface area contributed by atoms with Crippen LogP contribution in [0.3, 0.4) is 0 Å². The molecule has 0 amide bonds. The molecule has 1 fully saturated rings. The summed E-state index contributed by atoms with van der Waals surface area (Å²) in [6.07, 6.45) is 4.84. The first kappa shape index (κ1) is 9.85. The number of aliphatic carboxylic acids is 1. The number of nitrogens with one attached hydrogen (secondary N) is 1. The van der Waals surface area contributed by atoms with Gasteiger partial charge in [-0.25, -0.2) is 4.98 Å². The molecular weight excluding hydrogens is 196 g/mol. The van der Waals surface area contributed by atoms with Gasteiger partial charge in [0.2, 0.25) is 0 Å². The van der Waals surface area contributed by atoms with Crippen LogP contribution in [-0.4, -0.2) is 46.7 Å². The van der Waals surface area contributed by atoms with Gasteiger partial charge in [0.1, 0.15) is 11.9 Å². The van der Waals surface area contributed by atoms with Crippen LogP contribution in [0.5, 0.6) is 0 Å². The summed E-state index contributed by atoms with van der Waals surface area (Å²) < 4.78 is 0. The first-order valence-electron chi connectivity index (χ1n) is 4.74. The highest BCUT2D eigenvalue weighted by Crippen LogP contribution is 2.10. The summed E-state index contributed by atoms with van der Waals surface area (Å²) in [7, 11) is 0. The van der Waals surface area contributed by atoms with Crippen LogP contribution < -0.4 is 10.2 Å². The van der Waals surface area contributed by atoms with Gasteiger partial charge < -0.3 is 15.3 Å². The Balaban J connectivity index is 2.08. The van der Waals surface area contributed by atoms with Crippen molar-refractivity contribution < 1.29 is 9.90 Å². The van der Waals surface area contributed by atoms with Gasteiger partial charge in [0.25, 0.3) is 0 Å². The molecule has 0 unspecified atom stereocenters. The normalized spacial score (nSPS) is 21.3. The van der Waals surface area contributed by atoms with Crippen molar-refractivity contribution in [2.24, 2.45) is 0 Å². The summed E-state index contributed by atoms with van der Waals surface area (Å²) in [5, 5.41) is 11.8. The van der Waals surface area contributed by atoms with E-state index in [-0.39, 0.29) is 0 Å². The Morgan fingerprint density at radius 3 is 3.13 bits per heavy atom. The number of nitrogens with zero attached hydrogens (tertiary/aromatic N) is 3. The number of carboxylic acids is 1. The van der Waals surface area contributed by atoms with Gasteiger partial charge in [-0.1, -0.05) is 0 Å². The van der Waals surface area contributed by atoms with E-state index < -0.39 is 12.0 Å². The molecule has 0 spiro atoms. The number of hydrogen-bond acceptors (Lipinski definition) is 5. The fourth-order valence-electron chi connectivity index (χ4n) is 1.58. The van der Waals surface area contributed by atoms with Gasteiger partial charge in [-0.3, -0.25) is 9.78 Å². The molecule has 2 rings (SSSR count). The molecule has 1 aromatic rings. The molecule has 1 atom stereocenters. The van der Waals surface area contributed by atoms with Crippen LogP contribution in [0.15, 0.2) is 18.6 Å². The fraction of sp³-hybridized carbons (Fsp3) is 0.444. The zero-order valence-corrected chi connectivity index (χ0v) is 8.13. The summed E-state index contributed by atoms with van der Waals surface area (Å²) >= 11 is 0. The Morgan fingerprint density at radius 2 is 2.47 bits per heavy atom. The number of piperazine rings is 1. The lowest BCUT2D eigenvalue weighted by Crippen LogP contribution is -2.54. The minimum atomic E-state index is -0.830. The van der Waals surface area contributed by atoms with Gasteiger partial charge in [-0.2, -0.15) is 0 Å². The predicted molar refractivity (Wildman–Crippen MR) is 53.7 cm³/mol. The van der Waals surface area contributed by atoms with Crippen LogP contribution >= 0.6 is 0 Å². The van der Waals surface area contributed by atoms with Crippen LogP contribution in [0.4, 0.5) is 5.82 Å². The van der Waals surface area contributed by atoms with Crippen LogP contribution in [-0.2, 0) is 4.79 Å². The topological polar surface area (TPSA) is 78.3 Å². The first-order valence-corrected chi connectivity index (χ1v) is 4.74. The van der Waals surface area contributed by atoms with E-state index in [0.717, 1.165) is 12.4 Å². The van der Waals surface area contributed by atoms with Crippen molar-refractivity contribution in [1.29, 1.82) is 0 Å². The summed E-state index contributed by atoms with van der Waals surface area (Å²) in [6, 6.07) is -0.527. The zero-order chi connectivity index (χ0) is 10.7. The molecule has 1 aromatic heterocycles. The maximum atomic E-state index is 10.8. The number of hydrogen-bond donors (Lipinski definition) is 2. The molecule has 1 aliphatic rings. The van der Waals surface area contributed by atoms with Crippen molar-refractivity contribution in [3.8, 4) is 0 Å². The molecule has 0 saturated carbocycles. The molecular formula is C9H12N4O2. The van der Waals surface area contributed by atoms with E-state index in [0.29, 0.717) is 13.1 Å². The van der Waals surface area contributed by atoms with Gasteiger partial charge in [0.15, 0.2) is 0 Å². The van der Waals surface area contributed by atoms with Gasteiger partial charge in [0, 0.05) is 32.0 Å². The monoisotopic (exact) mass is 208 g/mol. The van der Waals surface area contributed by atoms with Crippen molar-refractivity contribution in [3.05, 3.63) is 18.6 Å². The lowest BCUT2D eigenvalue weighted by atomic mass is 10.2. The zero-order valence-electron chi connectivity index (χ0n) is 8.13. The average Bonchev–Trinajstić information content (AvgIpc) is 2.30. The standard InChI is InChI=1S/C9H12N4O2/c14-9(15)7-6-13(4-3-11-7)8-5-10-1-2-12-8/h1-2,5,7,11H,3-4,6H2,(H,14,15)/t7-/m1/s1. The number of anilines is 1. The summed E-state index contributed by atoms with van der Waals surface area (Å²) in [4.78, 5) is 20.8. The maximum Gasteiger partial charge on any atom is 0.322 e. The number of rotatable bonds is 2. The minimum Gasteiger partial charge on any atom is -0.480 e. The highest BCUT2D eigenvalue weighted by atomic mass is 16.4. The second-order valence-corrected chi connectivity index (χ2v) is 3.35.